The van der Waals surface area contributed by atoms with Crippen LogP contribution in [0.15, 0.2) is 48.8 Å². The Morgan fingerprint density at radius 1 is 1.24 bits per heavy atom. The summed E-state index contributed by atoms with van der Waals surface area (Å²) in [6, 6.07) is 13.2. The molecule has 2 N–H and O–H groups in total. The van der Waals surface area contributed by atoms with Crippen molar-refractivity contribution >= 4 is 5.69 Å². The Morgan fingerprint density at radius 2 is 2.14 bits per heavy atom. The van der Waals surface area contributed by atoms with Crippen LogP contribution in [0.25, 0.3) is 0 Å². The summed E-state index contributed by atoms with van der Waals surface area (Å²) < 4.78 is 0. The van der Waals surface area contributed by atoms with Gasteiger partial charge in [0.1, 0.15) is 0 Å². The molecule has 21 heavy (non-hydrogen) atoms. The van der Waals surface area contributed by atoms with Crippen LogP contribution in [0.3, 0.4) is 0 Å². The van der Waals surface area contributed by atoms with E-state index >= 15 is 0 Å². The summed E-state index contributed by atoms with van der Waals surface area (Å²) in [5.41, 5.74) is 3.77. The number of aliphatic hydroxyl groups is 1. The fraction of sp³-hybridized carbons (Fsp3) is 0.353. The number of hydrogen-bond acceptors (Lipinski definition) is 4. The lowest BCUT2D eigenvalue weighted by molar-refractivity contribution is -0.0460. The molecule has 0 amide bonds. The van der Waals surface area contributed by atoms with Gasteiger partial charge in [0.15, 0.2) is 0 Å². The Balaban J connectivity index is 1.60. The zero-order valence-electron chi connectivity index (χ0n) is 11.8. The van der Waals surface area contributed by atoms with Gasteiger partial charge in [-0.25, -0.2) is 0 Å². The van der Waals surface area contributed by atoms with Crippen LogP contribution >= 0.6 is 0 Å². The molecule has 4 heteroatoms. The van der Waals surface area contributed by atoms with Crippen LogP contribution in [0.2, 0.25) is 0 Å². The van der Waals surface area contributed by atoms with Gasteiger partial charge in [0.05, 0.1) is 6.61 Å². The molecule has 0 aliphatic carbocycles. The molecule has 2 aliphatic heterocycles. The molecule has 0 spiro atoms. The van der Waals surface area contributed by atoms with Crippen molar-refractivity contribution in [1.29, 1.82) is 0 Å². The molecule has 3 atom stereocenters. The Labute approximate surface area is 124 Å². The minimum absolute atomic E-state index is 0.204. The largest absolute Gasteiger partial charge is 0.395 e. The SMILES string of the molecule is OC[C@@H]1[C@@H]2c3ccccc3NC[C@@H]2N1Cc1cccnc1. The van der Waals surface area contributed by atoms with Crippen molar-refractivity contribution in [2.45, 2.75) is 24.5 Å². The van der Waals surface area contributed by atoms with Gasteiger partial charge in [-0.2, -0.15) is 0 Å². The van der Waals surface area contributed by atoms with Crippen LogP contribution in [0.4, 0.5) is 5.69 Å². The highest BCUT2D eigenvalue weighted by atomic mass is 16.3. The van der Waals surface area contributed by atoms with Crippen molar-refractivity contribution < 1.29 is 5.11 Å². The second kappa shape index (κ2) is 5.13. The molecule has 3 heterocycles. The van der Waals surface area contributed by atoms with Crippen LogP contribution in [0.1, 0.15) is 17.0 Å². The van der Waals surface area contributed by atoms with E-state index in [1.807, 2.05) is 12.3 Å². The highest BCUT2D eigenvalue weighted by Crippen LogP contribution is 2.46. The van der Waals surface area contributed by atoms with E-state index in [4.69, 9.17) is 0 Å². The average Bonchev–Trinajstić information content (AvgIpc) is 2.54. The van der Waals surface area contributed by atoms with Crippen molar-refractivity contribution in [3.63, 3.8) is 0 Å². The summed E-state index contributed by atoms with van der Waals surface area (Å²) in [7, 11) is 0. The maximum absolute atomic E-state index is 9.82. The number of likely N-dealkylation sites (tertiary alicyclic amines) is 1. The third-order valence-corrected chi connectivity index (χ3v) is 4.78. The van der Waals surface area contributed by atoms with Gasteiger partial charge < -0.3 is 10.4 Å². The fourth-order valence-corrected chi connectivity index (χ4v) is 3.79. The maximum Gasteiger partial charge on any atom is 0.0593 e. The van der Waals surface area contributed by atoms with Gasteiger partial charge in [-0.1, -0.05) is 24.3 Å². The molecule has 0 radical (unpaired) electrons. The minimum Gasteiger partial charge on any atom is -0.395 e. The summed E-state index contributed by atoms with van der Waals surface area (Å²) in [4.78, 5) is 6.58. The van der Waals surface area contributed by atoms with Crippen molar-refractivity contribution in [3.05, 3.63) is 59.9 Å². The Morgan fingerprint density at radius 3 is 2.95 bits per heavy atom. The standard InChI is InChI=1S/C17H19N3O/c21-11-16-17-13-5-1-2-6-14(13)19-9-15(17)20(16)10-12-4-3-7-18-8-12/h1-8,15-17,19,21H,9-11H2/t15-,16+,17+/m0/s1. The lowest BCUT2D eigenvalue weighted by Crippen LogP contribution is -2.66. The Hall–Kier alpha value is -1.91. The third-order valence-electron chi connectivity index (χ3n) is 4.78. The van der Waals surface area contributed by atoms with E-state index in [-0.39, 0.29) is 12.6 Å². The minimum atomic E-state index is 0.204. The fourth-order valence-electron chi connectivity index (χ4n) is 3.79. The molecule has 0 unspecified atom stereocenters. The van der Waals surface area contributed by atoms with Crippen LogP contribution in [-0.4, -0.2) is 40.2 Å². The number of rotatable bonds is 3. The monoisotopic (exact) mass is 281 g/mol. The molecule has 2 aliphatic rings. The lowest BCUT2D eigenvalue weighted by atomic mass is 9.72. The molecule has 108 valence electrons. The number of hydrogen-bond donors (Lipinski definition) is 2. The number of nitrogens with one attached hydrogen (secondary N) is 1. The van der Waals surface area contributed by atoms with E-state index in [0.29, 0.717) is 12.0 Å². The zero-order valence-corrected chi connectivity index (χ0v) is 11.8. The highest BCUT2D eigenvalue weighted by Gasteiger charge is 2.50. The predicted molar refractivity (Wildman–Crippen MR) is 82.1 cm³/mol. The van der Waals surface area contributed by atoms with Gasteiger partial charge in [0, 0.05) is 49.2 Å². The zero-order chi connectivity index (χ0) is 14.2. The van der Waals surface area contributed by atoms with Crippen LogP contribution in [0, 0.1) is 0 Å². The number of pyridine rings is 1. The number of fused-ring (bicyclic) bond motifs is 3. The molecule has 1 saturated heterocycles. The molecule has 2 aromatic rings. The quantitative estimate of drug-likeness (QED) is 0.901. The second-order valence-corrected chi connectivity index (χ2v) is 5.84. The first-order valence-corrected chi connectivity index (χ1v) is 7.47. The van der Waals surface area contributed by atoms with Crippen molar-refractivity contribution in [1.82, 2.24) is 9.88 Å². The normalized spacial score (nSPS) is 27.2. The molecule has 1 aromatic carbocycles. The number of nitrogens with zero attached hydrogens (tertiary/aromatic N) is 2. The topological polar surface area (TPSA) is 48.4 Å². The van der Waals surface area contributed by atoms with Gasteiger partial charge in [-0.05, 0) is 23.3 Å². The first kappa shape index (κ1) is 12.8. The second-order valence-electron chi connectivity index (χ2n) is 5.84. The molecule has 1 fully saturated rings. The summed E-state index contributed by atoms with van der Waals surface area (Å²) in [5.74, 6) is 0.434. The molecule has 0 saturated carbocycles. The molecular formula is C17H19N3O. The van der Waals surface area contributed by atoms with Gasteiger partial charge >= 0.3 is 0 Å². The van der Waals surface area contributed by atoms with E-state index in [1.54, 1.807) is 6.20 Å². The predicted octanol–water partition coefficient (Wildman–Crippen LogP) is 1.84. The number of para-hydroxylation sites is 1. The first-order chi connectivity index (χ1) is 10.4. The van der Waals surface area contributed by atoms with Gasteiger partial charge in [-0.15, -0.1) is 0 Å². The molecule has 4 nitrogen and oxygen atoms in total. The molecule has 1 aromatic heterocycles. The van der Waals surface area contributed by atoms with E-state index in [1.165, 1.54) is 16.8 Å². The summed E-state index contributed by atoms with van der Waals surface area (Å²) in [6.07, 6.45) is 3.70. The van der Waals surface area contributed by atoms with Crippen molar-refractivity contribution in [2.75, 3.05) is 18.5 Å². The van der Waals surface area contributed by atoms with E-state index < -0.39 is 0 Å². The molecule has 0 bridgehead atoms. The van der Waals surface area contributed by atoms with Crippen molar-refractivity contribution in [3.8, 4) is 0 Å². The number of anilines is 1. The highest BCUT2D eigenvalue weighted by molar-refractivity contribution is 5.57. The Kier molecular flexibility index (Phi) is 3.13. The van der Waals surface area contributed by atoms with Crippen LogP contribution in [-0.2, 0) is 6.54 Å². The summed E-state index contributed by atoms with van der Waals surface area (Å²) >= 11 is 0. The summed E-state index contributed by atoms with van der Waals surface area (Å²) in [6.45, 7) is 2.00. The van der Waals surface area contributed by atoms with E-state index in [9.17, 15) is 5.11 Å². The smallest absolute Gasteiger partial charge is 0.0593 e. The van der Waals surface area contributed by atoms with E-state index in [2.05, 4.69) is 45.5 Å². The van der Waals surface area contributed by atoms with Gasteiger partial charge in [0.25, 0.3) is 0 Å². The third kappa shape index (κ3) is 2.03. The van der Waals surface area contributed by atoms with Gasteiger partial charge in [-0.3, -0.25) is 9.88 Å². The number of aliphatic hydroxyl groups excluding tert-OH is 1. The van der Waals surface area contributed by atoms with Crippen molar-refractivity contribution in [2.24, 2.45) is 0 Å². The lowest BCUT2D eigenvalue weighted by Gasteiger charge is -2.57. The summed E-state index contributed by atoms with van der Waals surface area (Å²) in [5, 5.41) is 13.3. The first-order valence-electron chi connectivity index (χ1n) is 7.47. The van der Waals surface area contributed by atoms with Crippen LogP contribution < -0.4 is 5.32 Å². The Bertz CT molecular complexity index is 631. The van der Waals surface area contributed by atoms with E-state index in [0.717, 1.165) is 13.1 Å². The number of benzene rings is 1. The van der Waals surface area contributed by atoms with Gasteiger partial charge in [0.2, 0.25) is 0 Å². The number of aromatic nitrogens is 1. The maximum atomic E-state index is 9.82. The molecule has 4 rings (SSSR count). The average molecular weight is 281 g/mol. The van der Waals surface area contributed by atoms with Crippen LogP contribution in [0.5, 0.6) is 0 Å². The molecular weight excluding hydrogens is 262 g/mol.